The van der Waals surface area contributed by atoms with Crippen LogP contribution in [0.4, 0.5) is 0 Å². The van der Waals surface area contributed by atoms with Crippen LogP contribution in [-0.2, 0) is 16.0 Å². The minimum atomic E-state index is 0.133. The molecule has 50 heavy (non-hydrogen) atoms. The average molecular weight is 685 g/mol. The normalized spacial score (nSPS) is 10.6. The van der Waals surface area contributed by atoms with E-state index in [4.69, 9.17) is 15.3 Å². The van der Waals surface area contributed by atoms with E-state index in [0.29, 0.717) is 6.04 Å². The van der Waals surface area contributed by atoms with Gasteiger partial charge in [-0.1, -0.05) is 138 Å². The van der Waals surface area contributed by atoms with Crippen LogP contribution < -0.4 is 16.7 Å². The van der Waals surface area contributed by atoms with Crippen molar-refractivity contribution in [3.63, 3.8) is 0 Å². The molecule has 6 heteroatoms. The zero-order valence-electron chi connectivity index (χ0n) is 32.3. The first-order chi connectivity index (χ1) is 24.2. The molecule has 6 nitrogen and oxygen atoms in total. The molecule has 1 unspecified atom stereocenters. The second-order valence-electron chi connectivity index (χ2n) is 11.0. The number of nitrogens with two attached hydrogens (primary N) is 1. The summed E-state index contributed by atoms with van der Waals surface area (Å²) in [5, 5.41) is 6.58. The molecule has 0 saturated heterocycles. The number of nitrogens with zero attached hydrogens (tertiary/aromatic N) is 1. The zero-order chi connectivity index (χ0) is 38.6. The van der Waals surface area contributed by atoms with Gasteiger partial charge in [-0.2, -0.15) is 5.10 Å². The number of hydrogen-bond donors (Lipinski definition) is 3. The maximum Gasteiger partial charge on any atom is 0.106 e. The second-order valence-corrected chi connectivity index (χ2v) is 11.0. The topological polar surface area (TPSA) is 88.7 Å². The van der Waals surface area contributed by atoms with Gasteiger partial charge in [-0.15, -0.1) is 13.2 Å². The summed E-state index contributed by atoms with van der Waals surface area (Å²) in [6, 6.07) is 22.4. The quantitative estimate of drug-likeness (QED) is 0.0487. The fraction of sp³-hybridized carbons (Fsp3) is 0.364. The van der Waals surface area contributed by atoms with E-state index in [9.17, 15) is 0 Å². The highest BCUT2D eigenvalue weighted by atomic mass is 16.5. The Bertz CT molecular complexity index is 1320. The third-order valence-corrected chi connectivity index (χ3v) is 6.79. The lowest BCUT2D eigenvalue weighted by atomic mass is 9.93. The number of hydrogen-bond acceptors (Lipinski definition) is 6. The molecule has 0 radical (unpaired) electrons. The zero-order valence-corrected chi connectivity index (χ0v) is 32.3. The van der Waals surface area contributed by atoms with Crippen molar-refractivity contribution in [2.24, 2.45) is 10.8 Å². The maximum absolute atomic E-state index is 8.00. The highest BCUT2D eigenvalue weighted by molar-refractivity contribution is 5.98. The third kappa shape index (κ3) is 23.9. The fourth-order valence-corrected chi connectivity index (χ4v) is 3.99. The minimum Gasteiger partial charge on any atom is -0.381 e. The summed E-state index contributed by atoms with van der Waals surface area (Å²) in [5.41, 5.74) is 18.0. The highest BCUT2D eigenvalue weighted by Crippen LogP contribution is 2.31. The predicted octanol–water partition coefficient (Wildman–Crippen LogP) is 11.3. The Hall–Kier alpha value is -4.36. The molecule has 0 fully saturated rings. The molecule has 0 spiro atoms. The van der Waals surface area contributed by atoms with Gasteiger partial charge in [0, 0.05) is 31.5 Å². The van der Waals surface area contributed by atoms with Gasteiger partial charge in [-0.25, -0.2) is 11.0 Å². The number of carbonyl (C=O) groups is 1. The van der Waals surface area contributed by atoms with Crippen LogP contribution in [0.3, 0.4) is 0 Å². The number of benzene rings is 3. The maximum atomic E-state index is 8.00. The van der Waals surface area contributed by atoms with Crippen molar-refractivity contribution in [2.75, 3.05) is 13.2 Å². The number of rotatable bonds is 15. The van der Waals surface area contributed by atoms with Crippen LogP contribution in [0.15, 0.2) is 129 Å². The van der Waals surface area contributed by atoms with E-state index < -0.39 is 0 Å². The number of aryl methyl sites for hydroxylation is 1. The summed E-state index contributed by atoms with van der Waals surface area (Å²) in [6.07, 6.45) is 14.2. The average Bonchev–Trinajstić information content (AvgIpc) is 3.17. The molecule has 0 bridgehead atoms. The molecule has 0 aromatic heterocycles. The lowest BCUT2D eigenvalue weighted by molar-refractivity contribution is -0.0980. The van der Waals surface area contributed by atoms with Gasteiger partial charge in [-0.05, 0) is 85.6 Å². The van der Waals surface area contributed by atoms with Gasteiger partial charge in [-0.3, -0.25) is 0 Å². The van der Waals surface area contributed by atoms with E-state index >= 15 is 0 Å². The van der Waals surface area contributed by atoms with Crippen molar-refractivity contribution in [1.29, 1.82) is 0 Å². The lowest BCUT2D eigenvalue weighted by Crippen LogP contribution is -2.33. The lowest BCUT2D eigenvalue weighted by Gasteiger charge is -2.13. The Morgan fingerprint density at radius 1 is 0.860 bits per heavy atom. The summed E-state index contributed by atoms with van der Waals surface area (Å²) in [7, 11) is 0. The van der Waals surface area contributed by atoms with Crippen LogP contribution in [0.2, 0.25) is 0 Å². The van der Waals surface area contributed by atoms with Crippen LogP contribution in [0.5, 0.6) is 0 Å². The number of unbranched alkanes of at least 4 members (excludes halogenated alkanes) is 1. The summed E-state index contributed by atoms with van der Waals surface area (Å²) in [5.74, 6) is 0. The predicted molar refractivity (Wildman–Crippen MR) is 225 cm³/mol. The van der Waals surface area contributed by atoms with Crippen molar-refractivity contribution < 1.29 is 9.53 Å². The number of hydrazone groups is 1. The van der Waals surface area contributed by atoms with Gasteiger partial charge in [0.05, 0.1) is 0 Å². The molecule has 0 aliphatic rings. The van der Waals surface area contributed by atoms with Crippen LogP contribution in [0.1, 0.15) is 91.3 Å². The fourth-order valence-electron chi connectivity index (χ4n) is 3.99. The van der Waals surface area contributed by atoms with Crippen LogP contribution in [0.25, 0.3) is 21.9 Å². The van der Waals surface area contributed by atoms with E-state index in [1.807, 2.05) is 33.6 Å². The van der Waals surface area contributed by atoms with E-state index in [1.54, 1.807) is 24.4 Å². The Morgan fingerprint density at radius 2 is 1.46 bits per heavy atom. The van der Waals surface area contributed by atoms with Crippen molar-refractivity contribution in [2.45, 2.75) is 92.7 Å². The van der Waals surface area contributed by atoms with Crippen molar-refractivity contribution in [1.82, 2.24) is 11.0 Å². The molecule has 276 valence electrons. The monoisotopic (exact) mass is 685 g/mol. The molecule has 3 aromatic rings. The molecule has 4 N–H and O–H groups in total. The van der Waals surface area contributed by atoms with Gasteiger partial charge in [0.2, 0.25) is 0 Å². The van der Waals surface area contributed by atoms with Gasteiger partial charge >= 0.3 is 0 Å². The van der Waals surface area contributed by atoms with Gasteiger partial charge in [0.15, 0.2) is 0 Å². The number of ether oxygens (including phenoxy) is 1. The summed E-state index contributed by atoms with van der Waals surface area (Å²) in [4.78, 5) is 8.00. The van der Waals surface area contributed by atoms with Gasteiger partial charge in [0.1, 0.15) is 6.79 Å². The Morgan fingerprint density at radius 3 is 1.94 bits per heavy atom. The first-order valence-electron chi connectivity index (χ1n) is 17.5. The van der Waals surface area contributed by atoms with Gasteiger partial charge in [0.25, 0.3) is 0 Å². The van der Waals surface area contributed by atoms with Crippen LogP contribution in [0, 0.1) is 0 Å². The molecule has 3 rings (SSSR count). The molecule has 0 amide bonds. The number of fused-ring (bicyclic) bond motifs is 1. The number of carbonyl (C=O) groups excluding carboxylic acids is 1. The Labute approximate surface area is 306 Å². The number of nitrogens with one attached hydrogen (secondary N) is 2. The first-order valence-corrected chi connectivity index (χ1v) is 17.5. The number of hydrazine groups is 1. The molecule has 0 saturated carbocycles. The van der Waals surface area contributed by atoms with E-state index in [0.717, 1.165) is 38.0 Å². The SMILES string of the molecule is C=C.C=C/C(C)=C\C=N/NNC(C)C.C=CC=C.C=O.CCCCOCCC.CCc1ccc(-c2ccc(C(N)CC)cc2)c2ccccc12. The smallest absolute Gasteiger partial charge is 0.106 e. The van der Waals surface area contributed by atoms with Crippen molar-refractivity contribution in [3.8, 4) is 11.1 Å². The molecule has 3 aromatic carbocycles. The van der Waals surface area contributed by atoms with Crippen molar-refractivity contribution >= 4 is 23.8 Å². The first kappa shape index (κ1) is 50.0. The standard InChI is InChI=1S/C21H23N.C9H17N3.C7H16O.C4H6.C2H4.CH2O/c1-3-15-13-14-19(20-8-6-5-7-18(15)20)16-9-11-17(12-10-16)21(22)4-2;1-5-9(4)6-7-10-12-11-8(2)3;1-3-5-7-8-6-4-2;1-3-4-2;2*1-2/h5-14,21H,3-4,22H2,1-2H3;5-8,11-12H,1H2,2-4H3;3-7H2,1-2H3;3-4H,1-2H2;1-2H2;1H2/b;9-6-,10-7-;;;;. The third-order valence-electron chi connectivity index (χ3n) is 6.79. The van der Waals surface area contributed by atoms with Gasteiger partial charge < -0.3 is 15.3 Å². The van der Waals surface area contributed by atoms with Crippen LogP contribution in [-0.4, -0.2) is 32.3 Å². The highest BCUT2D eigenvalue weighted by Gasteiger charge is 2.08. The van der Waals surface area contributed by atoms with E-state index in [-0.39, 0.29) is 6.04 Å². The second kappa shape index (κ2) is 35.9. The Kier molecular flexibility index (Phi) is 35.9. The largest absolute Gasteiger partial charge is 0.381 e. The van der Waals surface area contributed by atoms with Crippen LogP contribution >= 0.6 is 0 Å². The molecular weight excluding hydrogens is 617 g/mol. The molecule has 0 aliphatic carbocycles. The molecule has 1 atom stereocenters. The summed E-state index contributed by atoms with van der Waals surface area (Å²) >= 11 is 0. The Balaban J connectivity index is -0.000000667. The van der Waals surface area contributed by atoms with E-state index in [2.05, 4.69) is 137 Å². The molecule has 0 heterocycles. The summed E-state index contributed by atoms with van der Waals surface area (Å²) in [6.45, 7) is 34.9. The molecule has 0 aliphatic heterocycles. The van der Waals surface area contributed by atoms with E-state index in [1.165, 1.54) is 45.9 Å². The number of allylic oxidation sites excluding steroid dienone is 5. The van der Waals surface area contributed by atoms with Crippen molar-refractivity contribution in [3.05, 3.63) is 135 Å². The summed E-state index contributed by atoms with van der Waals surface area (Å²) < 4.78 is 5.22. The minimum absolute atomic E-state index is 0.133. The molecular formula is C44H68N4O2.